The summed E-state index contributed by atoms with van der Waals surface area (Å²) < 4.78 is 27.6. The number of cyclic esters (lactones) is 1. The van der Waals surface area contributed by atoms with Crippen molar-refractivity contribution in [3.8, 4) is 0 Å². The molecule has 0 aliphatic carbocycles. The summed E-state index contributed by atoms with van der Waals surface area (Å²) >= 11 is 0. The number of rotatable bonds is 6. The van der Waals surface area contributed by atoms with E-state index in [1.807, 2.05) is 22.7 Å². The van der Waals surface area contributed by atoms with E-state index >= 15 is 4.39 Å². The number of nitrogens with one attached hydrogen (secondary N) is 1. The second-order valence-corrected chi connectivity index (χ2v) is 9.01. The average Bonchev–Trinajstić information content (AvgIpc) is 3.20. The lowest BCUT2D eigenvalue weighted by Gasteiger charge is -2.33. The molecule has 0 radical (unpaired) electrons. The summed E-state index contributed by atoms with van der Waals surface area (Å²) in [6.07, 6.45) is 2.60. The summed E-state index contributed by atoms with van der Waals surface area (Å²) in [5.74, 6) is -0.579. The molecule has 0 saturated carbocycles. The average molecular weight is 458 g/mol. The molecule has 3 aliphatic heterocycles. The number of epoxide rings is 1. The van der Waals surface area contributed by atoms with Gasteiger partial charge in [-0.15, -0.1) is 5.10 Å². The number of anilines is 2. The highest BCUT2D eigenvalue weighted by molar-refractivity contribution is 5.90. The van der Waals surface area contributed by atoms with E-state index < -0.39 is 12.2 Å². The van der Waals surface area contributed by atoms with Gasteiger partial charge in [-0.05, 0) is 38.0 Å². The Morgan fingerprint density at radius 2 is 2.09 bits per heavy atom. The van der Waals surface area contributed by atoms with E-state index in [2.05, 4.69) is 15.6 Å². The van der Waals surface area contributed by atoms with Gasteiger partial charge < -0.3 is 19.7 Å². The lowest BCUT2D eigenvalue weighted by Crippen LogP contribution is -2.35. The van der Waals surface area contributed by atoms with Gasteiger partial charge in [-0.3, -0.25) is 9.69 Å². The summed E-state index contributed by atoms with van der Waals surface area (Å²) in [5, 5.41) is 11.2. The maximum absolute atomic E-state index is 15.0. The molecular weight excluding hydrogens is 431 g/mol. The van der Waals surface area contributed by atoms with E-state index in [0.29, 0.717) is 31.1 Å². The number of carbonyl (C=O) groups excluding carboxylic acids is 2. The first kappa shape index (κ1) is 21.6. The molecule has 3 fully saturated rings. The van der Waals surface area contributed by atoms with Crippen LogP contribution in [0.2, 0.25) is 0 Å². The maximum Gasteiger partial charge on any atom is 0.414 e. The molecule has 33 heavy (non-hydrogen) atoms. The number of piperidine rings is 1. The smallest absolute Gasteiger partial charge is 0.414 e. The third kappa shape index (κ3) is 4.37. The lowest BCUT2D eigenvalue weighted by molar-refractivity contribution is -0.119. The fourth-order valence-corrected chi connectivity index (χ4v) is 4.34. The highest BCUT2D eigenvalue weighted by Crippen LogP contribution is 2.37. The first-order chi connectivity index (χ1) is 15.8. The van der Waals surface area contributed by atoms with Crippen molar-refractivity contribution in [1.82, 2.24) is 20.3 Å². The fraction of sp³-hybridized carbons (Fsp3) is 0.545. The molecule has 1 unspecified atom stereocenters. The molecule has 2 aromatic rings. The number of hydrogen-bond donors (Lipinski definition) is 1. The Morgan fingerprint density at radius 3 is 2.76 bits per heavy atom. The predicted octanol–water partition coefficient (Wildman–Crippen LogP) is 1.97. The SMILES string of the molecule is CC(=O)NC[C@H]1CN(c2ccc(N3CCC(n4cc(C5(C)CO5)nn4)CC3)c(F)c2)C(=O)O1. The molecule has 2 atom stereocenters. The molecule has 3 saturated heterocycles. The van der Waals surface area contributed by atoms with Crippen molar-refractivity contribution in [2.45, 2.75) is 44.4 Å². The van der Waals surface area contributed by atoms with E-state index in [1.54, 1.807) is 12.1 Å². The van der Waals surface area contributed by atoms with Crippen molar-refractivity contribution in [2.24, 2.45) is 0 Å². The Hall–Kier alpha value is -3.21. The fourth-order valence-electron chi connectivity index (χ4n) is 4.34. The van der Waals surface area contributed by atoms with Crippen molar-refractivity contribution < 1.29 is 23.5 Å². The normalized spacial score (nSPS) is 25.3. The molecule has 4 heterocycles. The number of aromatic nitrogens is 3. The van der Waals surface area contributed by atoms with Crippen LogP contribution in [-0.4, -0.2) is 65.9 Å². The van der Waals surface area contributed by atoms with E-state index in [9.17, 15) is 9.59 Å². The minimum absolute atomic E-state index is 0.195. The van der Waals surface area contributed by atoms with Gasteiger partial charge in [0.15, 0.2) is 0 Å². The molecule has 3 aliphatic rings. The molecule has 2 amide bonds. The first-order valence-electron chi connectivity index (χ1n) is 11.2. The van der Waals surface area contributed by atoms with Gasteiger partial charge in [-0.25, -0.2) is 13.9 Å². The van der Waals surface area contributed by atoms with Gasteiger partial charge >= 0.3 is 6.09 Å². The number of halogens is 1. The van der Waals surface area contributed by atoms with Gasteiger partial charge in [0.05, 0.1) is 43.3 Å². The summed E-state index contributed by atoms with van der Waals surface area (Å²) in [7, 11) is 0. The number of nitrogens with zero attached hydrogens (tertiary/aromatic N) is 5. The van der Waals surface area contributed by atoms with Crippen LogP contribution in [0.1, 0.15) is 38.4 Å². The van der Waals surface area contributed by atoms with Crippen LogP contribution in [0.5, 0.6) is 0 Å². The van der Waals surface area contributed by atoms with Crippen molar-refractivity contribution in [3.63, 3.8) is 0 Å². The summed E-state index contributed by atoms with van der Waals surface area (Å²) in [6.45, 7) is 5.94. The minimum Gasteiger partial charge on any atom is -0.442 e. The Bertz CT molecular complexity index is 1060. The maximum atomic E-state index is 15.0. The lowest BCUT2D eigenvalue weighted by atomic mass is 10.0. The predicted molar refractivity (Wildman–Crippen MR) is 117 cm³/mol. The van der Waals surface area contributed by atoms with E-state index in [-0.39, 0.29) is 36.5 Å². The molecule has 1 N–H and O–H groups in total. The quantitative estimate of drug-likeness (QED) is 0.660. The van der Waals surface area contributed by atoms with E-state index in [4.69, 9.17) is 9.47 Å². The van der Waals surface area contributed by atoms with Crippen LogP contribution < -0.4 is 15.1 Å². The Morgan fingerprint density at radius 1 is 1.33 bits per heavy atom. The Labute approximate surface area is 190 Å². The highest BCUT2D eigenvalue weighted by atomic mass is 19.1. The largest absolute Gasteiger partial charge is 0.442 e. The molecule has 0 bridgehead atoms. The molecule has 0 spiro atoms. The van der Waals surface area contributed by atoms with Crippen molar-refractivity contribution in [1.29, 1.82) is 0 Å². The van der Waals surface area contributed by atoms with Crippen LogP contribution in [0.4, 0.5) is 20.6 Å². The topological polar surface area (TPSA) is 105 Å². The van der Waals surface area contributed by atoms with E-state index in [0.717, 1.165) is 18.5 Å². The standard InChI is InChI=1S/C22H27FN6O4/c1-14(30)24-10-17-11-28(21(31)33-17)16-3-4-19(18(23)9-16)27-7-5-15(6-8-27)29-12-20(25-26-29)22(2)13-32-22/h3-4,9,12,15,17H,5-8,10-11,13H2,1-2H3,(H,24,30)/t17-,22?/m0/s1. The summed E-state index contributed by atoms with van der Waals surface area (Å²) in [4.78, 5) is 26.7. The first-order valence-corrected chi connectivity index (χ1v) is 11.2. The summed E-state index contributed by atoms with van der Waals surface area (Å²) in [6, 6.07) is 5.01. The van der Waals surface area contributed by atoms with Crippen LogP contribution in [-0.2, 0) is 19.9 Å². The third-order valence-corrected chi connectivity index (χ3v) is 6.50. The number of carbonyl (C=O) groups is 2. The second-order valence-electron chi connectivity index (χ2n) is 9.01. The molecule has 1 aromatic carbocycles. The minimum atomic E-state index is -0.545. The second kappa shape index (κ2) is 8.29. The van der Waals surface area contributed by atoms with Gasteiger partial charge in [0.1, 0.15) is 23.2 Å². The van der Waals surface area contributed by atoms with Crippen molar-refractivity contribution >= 4 is 23.4 Å². The number of amides is 2. The molecule has 11 heteroatoms. The molecular formula is C22H27FN6O4. The zero-order valence-corrected chi connectivity index (χ0v) is 18.7. The zero-order valence-electron chi connectivity index (χ0n) is 18.7. The van der Waals surface area contributed by atoms with Crippen LogP contribution in [0.15, 0.2) is 24.4 Å². The summed E-state index contributed by atoms with van der Waals surface area (Å²) in [5.41, 5.74) is 1.51. The zero-order chi connectivity index (χ0) is 23.2. The number of benzene rings is 1. The monoisotopic (exact) mass is 458 g/mol. The van der Waals surface area contributed by atoms with Crippen LogP contribution in [0.3, 0.4) is 0 Å². The van der Waals surface area contributed by atoms with Crippen LogP contribution >= 0.6 is 0 Å². The molecule has 176 valence electrons. The van der Waals surface area contributed by atoms with Crippen LogP contribution in [0, 0.1) is 5.82 Å². The third-order valence-electron chi connectivity index (χ3n) is 6.50. The molecule has 5 rings (SSSR count). The number of ether oxygens (including phenoxy) is 2. The van der Waals surface area contributed by atoms with Gasteiger partial charge in [0.2, 0.25) is 5.91 Å². The van der Waals surface area contributed by atoms with E-state index in [1.165, 1.54) is 17.9 Å². The Balaban J connectivity index is 1.20. The Kier molecular flexibility index (Phi) is 5.43. The number of hydrogen-bond acceptors (Lipinski definition) is 7. The van der Waals surface area contributed by atoms with Crippen molar-refractivity contribution in [2.75, 3.05) is 42.6 Å². The van der Waals surface area contributed by atoms with Crippen LogP contribution in [0.25, 0.3) is 0 Å². The highest BCUT2D eigenvalue weighted by Gasteiger charge is 2.44. The van der Waals surface area contributed by atoms with Gasteiger partial charge in [-0.2, -0.15) is 0 Å². The van der Waals surface area contributed by atoms with Gasteiger partial charge in [0, 0.05) is 20.0 Å². The molecule has 1 aromatic heterocycles. The van der Waals surface area contributed by atoms with Gasteiger partial charge in [-0.1, -0.05) is 5.21 Å². The van der Waals surface area contributed by atoms with Crippen molar-refractivity contribution in [3.05, 3.63) is 35.9 Å². The molecule has 10 nitrogen and oxygen atoms in total. The van der Waals surface area contributed by atoms with Gasteiger partial charge in [0.25, 0.3) is 0 Å².